The van der Waals surface area contributed by atoms with E-state index in [-0.39, 0.29) is 9.93 Å². The van der Waals surface area contributed by atoms with Gasteiger partial charge >= 0.3 is 0 Å². The molecule has 1 aliphatic rings. The highest BCUT2D eigenvalue weighted by Crippen LogP contribution is 2.57. The molecule has 79 valence electrons. The second-order valence-electron chi connectivity index (χ2n) is 3.53. The third-order valence-corrected chi connectivity index (χ3v) is 6.61. The van der Waals surface area contributed by atoms with E-state index < -0.39 is 0 Å². The van der Waals surface area contributed by atoms with E-state index >= 15 is 0 Å². The lowest BCUT2D eigenvalue weighted by Crippen LogP contribution is -1.75. The summed E-state index contributed by atoms with van der Waals surface area (Å²) in [7, 11) is 1.74. The van der Waals surface area contributed by atoms with Gasteiger partial charge in [-0.15, -0.1) is 0 Å². The molecule has 0 saturated heterocycles. The van der Waals surface area contributed by atoms with Crippen molar-refractivity contribution in [1.82, 2.24) is 0 Å². The molecule has 0 nitrogen and oxygen atoms in total. The molecular weight excluding hydrogens is 232 g/mol. The zero-order valence-corrected chi connectivity index (χ0v) is 10.3. The molecular formula is C14H11S2. The first-order valence-electron chi connectivity index (χ1n) is 5.14. The summed E-state index contributed by atoms with van der Waals surface area (Å²) in [6.07, 6.45) is 2.24. The number of hydrogen-bond donors (Lipinski definition) is 1. The highest BCUT2D eigenvalue weighted by atomic mass is 33.1. The molecule has 16 heavy (non-hydrogen) atoms. The number of benzene rings is 2. The first-order chi connectivity index (χ1) is 7.93. The van der Waals surface area contributed by atoms with Gasteiger partial charge in [-0.3, -0.25) is 0 Å². The van der Waals surface area contributed by atoms with Crippen LogP contribution in [0, 0.1) is 6.07 Å². The fraction of sp³-hybridized carbons (Fsp3) is 0. The van der Waals surface area contributed by atoms with Crippen LogP contribution in [0.3, 0.4) is 0 Å². The van der Waals surface area contributed by atoms with Gasteiger partial charge in [0.15, 0.2) is 0 Å². The molecule has 0 amide bonds. The van der Waals surface area contributed by atoms with E-state index in [9.17, 15) is 0 Å². The van der Waals surface area contributed by atoms with Crippen LogP contribution in [-0.2, 0) is 0 Å². The normalized spacial score (nSPS) is 19.6. The van der Waals surface area contributed by atoms with Crippen LogP contribution in [0.2, 0.25) is 0 Å². The summed E-state index contributed by atoms with van der Waals surface area (Å²) in [6, 6.07) is 19.9. The van der Waals surface area contributed by atoms with Crippen molar-refractivity contribution in [2.24, 2.45) is 0 Å². The smallest absolute Gasteiger partial charge is 0.0171 e. The van der Waals surface area contributed by atoms with Gasteiger partial charge in [-0.25, -0.2) is 0 Å². The Bertz CT molecular complexity index is 517. The molecule has 3 rings (SSSR count). The fourth-order valence-corrected chi connectivity index (χ4v) is 5.63. The summed E-state index contributed by atoms with van der Waals surface area (Å²) in [5, 5.41) is 2.33. The van der Waals surface area contributed by atoms with Gasteiger partial charge in [-0.1, -0.05) is 41.1 Å². The molecule has 0 aromatic heterocycles. The van der Waals surface area contributed by atoms with E-state index in [1.54, 1.807) is 0 Å². The first kappa shape index (κ1) is 10.1. The van der Waals surface area contributed by atoms with Gasteiger partial charge in [0.25, 0.3) is 0 Å². The first-order valence-corrected chi connectivity index (χ1v) is 7.97. The van der Waals surface area contributed by atoms with Crippen LogP contribution in [0.15, 0.2) is 63.7 Å². The minimum atomic E-state index is -0.215. The van der Waals surface area contributed by atoms with Crippen molar-refractivity contribution >= 4 is 26.8 Å². The van der Waals surface area contributed by atoms with Crippen molar-refractivity contribution in [2.75, 3.05) is 0 Å². The average Bonchev–Trinajstić information content (AvgIpc) is 2.74. The SMILES string of the molecule is [c]1ccc(S[SH]2C=Cc3ccccc32)cc1. The molecule has 2 aromatic carbocycles. The largest absolute Gasteiger partial charge is 0.152 e. The monoisotopic (exact) mass is 243 g/mol. The lowest BCUT2D eigenvalue weighted by atomic mass is 10.2. The lowest BCUT2D eigenvalue weighted by molar-refractivity contribution is 1.44. The number of thiol groups is 1. The van der Waals surface area contributed by atoms with E-state index in [0.29, 0.717) is 0 Å². The second kappa shape index (κ2) is 4.40. The van der Waals surface area contributed by atoms with Crippen LogP contribution in [0.1, 0.15) is 5.56 Å². The van der Waals surface area contributed by atoms with Crippen molar-refractivity contribution in [1.29, 1.82) is 0 Å². The number of hydrogen-bond acceptors (Lipinski definition) is 1. The quantitative estimate of drug-likeness (QED) is 0.597. The minimum absolute atomic E-state index is 0.215. The van der Waals surface area contributed by atoms with Crippen LogP contribution in [0.4, 0.5) is 0 Å². The van der Waals surface area contributed by atoms with E-state index in [4.69, 9.17) is 0 Å². The van der Waals surface area contributed by atoms with Crippen LogP contribution in [0.5, 0.6) is 0 Å². The molecule has 1 atom stereocenters. The zero-order chi connectivity index (χ0) is 10.8. The lowest BCUT2D eigenvalue weighted by Gasteiger charge is -2.14. The molecule has 1 radical (unpaired) electrons. The van der Waals surface area contributed by atoms with Crippen LogP contribution >= 0.6 is 20.7 Å². The molecule has 0 N–H and O–H groups in total. The molecule has 0 bridgehead atoms. The molecule has 2 aromatic rings. The second-order valence-corrected chi connectivity index (χ2v) is 7.34. The summed E-state index contributed by atoms with van der Waals surface area (Å²) in [6.45, 7) is 0. The molecule has 0 fully saturated rings. The third kappa shape index (κ3) is 1.91. The van der Waals surface area contributed by atoms with Gasteiger partial charge in [0, 0.05) is 9.79 Å². The van der Waals surface area contributed by atoms with Crippen LogP contribution in [-0.4, -0.2) is 0 Å². The summed E-state index contributed by atoms with van der Waals surface area (Å²) < 4.78 is 0. The molecule has 2 heteroatoms. The van der Waals surface area contributed by atoms with E-state index in [2.05, 4.69) is 53.9 Å². The highest BCUT2D eigenvalue weighted by Gasteiger charge is 2.13. The van der Waals surface area contributed by atoms with Gasteiger partial charge in [0.05, 0.1) is 0 Å². The average molecular weight is 243 g/mol. The topological polar surface area (TPSA) is 0 Å². The van der Waals surface area contributed by atoms with E-state index in [1.165, 1.54) is 15.4 Å². The Morgan fingerprint density at radius 2 is 1.81 bits per heavy atom. The fourth-order valence-electron chi connectivity index (χ4n) is 1.68. The molecule has 1 heterocycles. The Labute approximate surface area is 102 Å². The molecule has 0 aliphatic carbocycles. The van der Waals surface area contributed by atoms with Crippen molar-refractivity contribution < 1.29 is 0 Å². The summed E-state index contributed by atoms with van der Waals surface area (Å²) in [5.74, 6) is 0. The van der Waals surface area contributed by atoms with Gasteiger partial charge < -0.3 is 0 Å². The van der Waals surface area contributed by atoms with Gasteiger partial charge in [-0.2, -0.15) is 9.93 Å². The number of rotatable bonds is 2. The maximum atomic E-state index is 3.05. The van der Waals surface area contributed by atoms with Gasteiger partial charge in [0.2, 0.25) is 0 Å². The Kier molecular flexibility index (Phi) is 2.77. The van der Waals surface area contributed by atoms with Crippen molar-refractivity contribution in [3.05, 3.63) is 65.6 Å². The molecule has 0 spiro atoms. The van der Waals surface area contributed by atoms with Crippen molar-refractivity contribution in [3.63, 3.8) is 0 Å². The molecule has 1 aliphatic heterocycles. The van der Waals surface area contributed by atoms with Crippen molar-refractivity contribution in [2.45, 2.75) is 9.79 Å². The van der Waals surface area contributed by atoms with Crippen LogP contribution < -0.4 is 0 Å². The Morgan fingerprint density at radius 1 is 1.00 bits per heavy atom. The van der Waals surface area contributed by atoms with E-state index in [0.717, 1.165) is 0 Å². The predicted octanol–water partition coefficient (Wildman–Crippen LogP) is 4.54. The summed E-state index contributed by atoms with van der Waals surface area (Å²) in [4.78, 5) is 2.81. The maximum absolute atomic E-state index is 3.05. The highest BCUT2D eigenvalue weighted by molar-refractivity contribution is 8.86. The van der Waals surface area contributed by atoms with Crippen molar-refractivity contribution in [3.8, 4) is 0 Å². The Hall–Kier alpha value is -1.12. The van der Waals surface area contributed by atoms with E-state index in [1.807, 2.05) is 22.9 Å². The Morgan fingerprint density at radius 3 is 2.69 bits per heavy atom. The van der Waals surface area contributed by atoms with Gasteiger partial charge in [-0.05, 0) is 41.3 Å². The third-order valence-electron chi connectivity index (χ3n) is 2.46. The zero-order valence-electron chi connectivity index (χ0n) is 8.63. The summed E-state index contributed by atoms with van der Waals surface area (Å²) >= 11 is 0. The summed E-state index contributed by atoms with van der Waals surface area (Å²) in [5.41, 5.74) is 1.38. The minimum Gasteiger partial charge on any atom is -0.152 e. The predicted molar refractivity (Wildman–Crippen MR) is 73.9 cm³/mol. The standard InChI is InChI=1S/C14H11S2/c1-2-7-13(8-3-1)15-16-11-10-12-6-4-5-9-14(12)16/h2-11,16H. The molecule has 1 unspecified atom stereocenters. The maximum Gasteiger partial charge on any atom is 0.0171 e. The number of fused-ring (bicyclic) bond motifs is 1. The van der Waals surface area contributed by atoms with Gasteiger partial charge in [0.1, 0.15) is 0 Å². The Balaban J connectivity index is 1.87. The van der Waals surface area contributed by atoms with Crippen LogP contribution in [0.25, 0.3) is 6.08 Å². The molecule has 0 saturated carbocycles.